The van der Waals surface area contributed by atoms with Gasteiger partial charge in [0.2, 0.25) is 0 Å². The van der Waals surface area contributed by atoms with Crippen LogP contribution >= 0.6 is 0 Å². The maximum absolute atomic E-state index is 5.74. The zero-order valence-corrected chi connectivity index (χ0v) is 11.6. The maximum atomic E-state index is 5.74. The van der Waals surface area contributed by atoms with Crippen molar-refractivity contribution >= 4 is 21.7 Å². The molecule has 2 aromatic carbocycles. The van der Waals surface area contributed by atoms with Crippen molar-refractivity contribution in [2.75, 3.05) is 18.1 Å². The van der Waals surface area contributed by atoms with Crippen molar-refractivity contribution in [3.05, 3.63) is 36.4 Å². The van der Waals surface area contributed by atoms with Gasteiger partial charge in [-0.05, 0) is 38.0 Å². The first kappa shape index (κ1) is 11.9. The van der Waals surface area contributed by atoms with E-state index >= 15 is 0 Å². The summed E-state index contributed by atoms with van der Waals surface area (Å²) in [6.07, 6.45) is 2.79. The normalized spacial score (nSPS) is 16.3. The van der Waals surface area contributed by atoms with E-state index in [4.69, 9.17) is 4.74 Å². The third kappa shape index (κ3) is 2.10. The molecule has 3 rings (SSSR count). The minimum Gasteiger partial charge on any atom is -0.493 e. The Kier molecular flexibility index (Phi) is 3.46. The zero-order valence-electron chi connectivity index (χ0n) is 10.8. The molecule has 0 unspecified atom stereocenters. The van der Waals surface area contributed by atoms with Crippen LogP contribution in [-0.4, -0.2) is 18.1 Å². The van der Waals surface area contributed by atoms with E-state index < -0.39 is 0 Å². The highest BCUT2D eigenvalue weighted by atomic mass is 32.2. The number of rotatable bonds is 3. The Hall–Kier alpha value is -1.15. The van der Waals surface area contributed by atoms with Gasteiger partial charge in [-0.15, -0.1) is 0 Å². The van der Waals surface area contributed by atoms with Gasteiger partial charge in [-0.2, -0.15) is 0 Å². The van der Waals surface area contributed by atoms with E-state index in [2.05, 4.69) is 36.4 Å². The Morgan fingerprint density at radius 2 is 1.72 bits per heavy atom. The molecule has 0 aromatic heterocycles. The third-order valence-electron chi connectivity index (χ3n) is 3.49. The van der Waals surface area contributed by atoms with Gasteiger partial charge in [0.15, 0.2) is 4.90 Å². The van der Waals surface area contributed by atoms with Crippen LogP contribution in [0.5, 0.6) is 5.75 Å². The molecule has 0 spiro atoms. The molecular weight excluding hydrogens is 240 g/mol. The highest BCUT2D eigenvalue weighted by Crippen LogP contribution is 2.34. The van der Waals surface area contributed by atoms with E-state index in [0.29, 0.717) is 10.9 Å². The summed E-state index contributed by atoms with van der Waals surface area (Å²) in [4.78, 5) is 1.55. The smallest absolute Gasteiger partial charge is 0.162 e. The van der Waals surface area contributed by atoms with Crippen molar-refractivity contribution < 1.29 is 4.74 Å². The van der Waals surface area contributed by atoms with Crippen molar-refractivity contribution in [3.63, 3.8) is 0 Å². The molecule has 1 nitrogen and oxygen atoms in total. The number of fused-ring (bicyclic) bond motifs is 1. The molecule has 94 valence electrons. The second-order valence-corrected chi connectivity index (χ2v) is 6.89. The van der Waals surface area contributed by atoms with Crippen molar-refractivity contribution in [1.82, 2.24) is 0 Å². The second-order valence-electron chi connectivity index (χ2n) is 4.65. The summed E-state index contributed by atoms with van der Waals surface area (Å²) >= 11 is 0. The Labute approximate surface area is 112 Å². The average Bonchev–Trinajstić information content (AvgIpc) is 2.93. The van der Waals surface area contributed by atoms with E-state index in [0.717, 1.165) is 12.4 Å². The minimum atomic E-state index is 0.467. The molecule has 0 aliphatic carbocycles. The number of benzene rings is 2. The van der Waals surface area contributed by atoms with Gasteiger partial charge in [0, 0.05) is 21.7 Å². The Morgan fingerprint density at radius 1 is 1.00 bits per heavy atom. The largest absolute Gasteiger partial charge is 0.493 e. The Bertz CT molecular complexity index is 544. The highest BCUT2D eigenvalue weighted by Gasteiger charge is 2.29. The van der Waals surface area contributed by atoms with Gasteiger partial charge < -0.3 is 4.74 Å². The predicted octanol–water partition coefficient (Wildman–Crippen LogP) is 4.01. The van der Waals surface area contributed by atoms with Crippen LogP contribution in [0.1, 0.15) is 19.8 Å². The quantitative estimate of drug-likeness (QED) is 0.757. The van der Waals surface area contributed by atoms with Gasteiger partial charge in [0.25, 0.3) is 0 Å². The van der Waals surface area contributed by atoms with Crippen LogP contribution in [0.25, 0.3) is 10.8 Å². The Balaban J connectivity index is 2.13. The molecule has 18 heavy (non-hydrogen) atoms. The van der Waals surface area contributed by atoms with Crippen LogP contribution in [0.3, 0.4) is 0 Å². The molecule has 1 aliphatic rings. The maximum Gasteiger partial charge on any atom is 0.162 e. The topological polar surface area (TPSA) is 9.23 Å². The van der Waals surface area contributed by atoms with E-state index in [-0.39, 0.29) is 0 Å². The van der Waals surface area contributed by atoms with Crippen LogP contribution in [0, 0.1) is 0 Å². The number of hydrogen-bond acceptors (Lipinski definition) is 1. The summed E-state index contributed by atoms with van der Waals surface area (Å²) in [5.74, 6) is 3.77. The fourth-order valence-electron chi connectivity index (χ4n) is 2.65. The lowest BCUT2D eigenvalue weighted by Gasteiger charge is -2.10. The lowest BCUT2D eigenvalue weighted by molar-refractivity contribution is 0.344. The molecule has 0 saturated carbocycles. The van der Waals surface area contributed by atoms with E-state index in [1.165, 1.54) is 35.1 Å². The molecule has 1 saturated heterocycles. The highest BCUT2D eigenvalue weighted by molar-refractivity contribution is 7.97. The van der Waals surface area contributed by atoms with Gasteiger partial charge in [0.1, 0.15) is 17.3 Å². The second kappa shape index (κ2) is 5.23. The molecule has 2 heteroatoms. The van der Waals surface area contributed by atoms with Crippen molar-refractivity contribution in [3.8, 4) is 5.75 Å². The molecule has 0 N–H and O–H groups in total. The van der Waals surface area contributed by atoms with Gasteiger partial charge >= 0.3 is 0 Å². The molecule has 2 aromatic rings. The number of ether oxygens (including phenoxy) is 1. The molecule has 1 aliphatic heterocycles. The van der Waals surface area contributed by atoms with Crippen molar-refractivity contribution in [2.24, 2.45) is 0 Å². The first-order chi connectivity index (χ1) is 8.90. The van der Waals surface area contributed by atoms with Crippen molar-refractivity contribution in [2.45, 2.75) is 24.7 Å². The molecule has 0 bridgehead atoms. The van der Waals surface area contributed by atoms with Crippen LogP contribution in [0.4, 0.5) is 0 Å². The third-order valence-corrected chi connectivity index (χ3v) is 6.03. The zero-order chi connectivity index (χ0) is 12.4. The lowest BCUT2D eigenvalue weighted by atomic mass is 10.1. The first-order valence-electron chi connectivity index (χ1n) is 6.72. The molecule has 1 fully saturated rings. The first-order valence-corrected chi connectivity index (χ1v) is 8.28. The van der Waals surface area contributed by atoms with Gasteiger partial charge in [-0.3, -0.25) is 0 Å². The summed E-state index contributed by atoms with van der Waals surface area (Å²) < 4.78 is 5.74. The summed E-state index contributed by atoms with van der Waals surface area (Å²) in [6.45, 7) is 2.77. The van der Waals surface area contributed by atoms with Crippen LogP contribution in [-0.2, 0) is 10.9 Å². The fourth-order valence-corrected chi connectivity index (χ4v) is 5.15. The van der Waals surface area contributed by atoms with Gasteiger partial charge in [-0.1, -0.05) is 18.2 Å². The molecule has 0 amide bonds. The Morgan fingerprint density at radius 3 is 2.44 bits per heavy atom. The van der Waals surface area contributed by atoms with E-state index in [1.54, 1.807) is 4.90 Å². The predicted molar refractivity (Wildman–Crippen MR) is 79.7 cm³/mol. The lowest BCUT2D eigenvalue weighted by Crippen LogP contribution is -2.05. The molecule has 1 heterocycles. The monoisotopic (exact) mass is 259 g/mol. The molecular formula is C16H19OS+. The number of hydrogen-bond donors (Lipinski definition) is 0. The summed E-state index contributed by atoms with van der Waals surface area (Å²) in [7, 11) is 0.467. The van der Waals surface area contributed by atoms with Crippen LogP contribution < -0.4 is 4.74 Å². The SMILES string of the molecule is CCOc1ccc([S+]2CCCC2)c2ccccc12. The van der Waals surface area contributed by atoms with E-state index in [1.807, 2.05) is 6.92 Å². The van der Waals surface area contributed by atoms with E-state index in [9.17, 15) is 0 Å². The fraction of sp³-hybridized carbons (Fsp3) is 0.375. The van der Waals surface area contributed by atoms with Gasteiger partial charge in [0.05, 0.1) is 6.61 Å². The van der Waals surface area contributed by atoms with Gasteiger partial charge in [-0.25, -0.2) is 0 Å². The summed E-state index contributed by atoms with van der Waals surface area (Å²) in [5, 5.41) is 2.67. The minimum absolute atomic E-state index is 0.467. The van der Waals surface area contributed by atoms with Crippen molar-refractivity contribution in [1.29, 1.82) is 0 Å². The molecule has 0 radical (unpaired) electrons. The van der Waals surface area contributed by atoms with Crippen LogP contribution in [0.2, 0.25) is 0 Å². The molecule has 0 atom stereocenters. The average molecular weight is 259 g/mol. The summed E-state index contributed by atoms with van der Waals surface area (Å²) in [6, 6.07) is 13.1. The standard InChI is InChI=1S/C16H19OS/c1-2-17-15-9-10-16(18-11-5-6-12-18)14-8-4-3-7-13(14)15/h3-4,7-10H,2,5-6,11-12H2,1H3/q+1. The van der Waals surface area contributed by atoms with Crippen LogP contribution in [0.15, 0.2) is 41.3 Å². The summed E-state index contributed by atoms with van der Waals surface area (Å²) in [5.41, 5.74) is 0.